The van der Waals surface area contributed by atoms with Crippen molar-refractivity contribution in [2.24, 2.45) is 11.8 Å². The van der Waals surface area contributed by atoms with Crippen LogP contribution in [0.5, 0.6) is 0 Å². The molecule has 0 fully saturated rings. The fourth-order valence-electron chi connectivity index (χ4n) is 1.20. The van der Waals surface area contributed by atoms with Gasteiger partial charge in [0.1, 0.15) is 6.61 Å². The number of carbonyl (C=O) groups is 1. The van der Waals surface area contributed by atoms with Crippen LogP contribution in [0, 0.1) is 23.7 Å². The summed E-state index contributed by atoms with van der Waals surface area (Å²) >= 11 is 0. The van der Waals surface area contributed by atoms with E-state index in [0.717, 1.165) is 0 Å². The van der Waals surface area contributed by atoms with Gasteiger partial charge in [0.2, 0.25) is 5.91 Å². The Morgan fingerprint density at radius 2 is 1.94 bits per heavy atom. The average molecular weight is 239 g/mol. The van der Waals surface area contributed by atoms with E-state index in [0.29, 0.717) is 38.0 Å². The summed E-state index contributed by atoms with van der Waals surface area (Å²) in [5.74, 6) is 6.94. The van der Waals surface area contributed by atoms with E-state index in [1.807, 2.05) is 34.7 Å². The van der Waals surface area contributed by atoms with Gasteiger partial charge in [-0.15, -0.1) is 0 Å². The van der Waals surface area contributed by atoms with Gasteiger partial charge in [-0.2, -0.15) is 0 Å². The van der Waals surface area contributed by atoms with Crippen LogP contribution in [-0.4, -0.2) is 37.6 Å². The van der Waals surface area contributed by atoms with Gasteiger partial charge in [0.15, 0.2) is 0 Å². The summed E-state index contributed by atoms with van der Waals surface area (Å²) < 4.78 is 5.34. The second-order valence-corrected chi connectivity index (χ2v) is 4.94. The van der Waals surface area contributed by atoms with Crippen molar-refractivity contribution in [2.45, 2.75) is 34.1 Å². The number of ether oxygens (including phenoxy) is 1. The molecule has 0 aliphatic rings. The molecule has 0 aliphatic carbocycles. The van der Waals surface area contributed by atoms with Gasteiger partial charge in [0.25, 0.3) is 0 Å². The van der Waals surface area contributed by atoms with E-state index >= 15 is 0 Å². The number of hydrogen-bond acceptors (Lipinski definition) is 2. The number of carbonyl (C=O) groups excluding carboxylic acids is 1. The van der Waals surface area contributed by atoms with Crippen LogP contribution >= 0.6 is 0 Å². The topological polar surface area (TPSA) is 29.5 Å². The molecule has 0 aliphatic heterocycles. The Labute approximate surface area is 106 Å². The maximum absolute atomic E-state index is 11.6. The van der Waals surface area contributed by atoms with Gasteiger partial charge in [-0.05, 0) is 5.92 Å². The molecule has 1 amide bonds. The van der Waals surface area contributed by atoms with Crippen LogP contribution in [0.15, 0.2) is 0 Å². The molecule has 0 N–H and O–H groups in total. The molecule has 0 atom stereocenters. The van der Waals surface area contributed by atoms with Gasteiger partial charge in [-0.25, -0.2) is 0 Å². The maximum Gasteiger partial charge on any atom is 0.222 e. The normalized spacial score (nSPS) is 10.3. The lowest BCUT2D eigenvalue weighted by atomic mass is 10.1. The SMILES string of the molecule is CC(C)C#CCOCCN(C)C(=O)CC(C)C. The molecule has 0 saturated carbocycles. The monoisotopic (exact) mass is 239 g/mol. The van der Waals surface area contributed by atoms with E-state index in [1.165, 1.54) is 0 Å². The molecule has 3 heteroatoms. The smallest absolute Gasteiger partial charge is 0.222 e. The quantitative estimate of drug-likeness (QED) is 0.525. The first kappa shape index (κ1) is 16.0. The largest absolute Gasteiger partial charge is 0.367 e. The first-order valence-corrected chi connectivity index (χ1v) is 6.23. The molecule has 0 spiro atoms. The Hall–Kier alpha value is -1.01. The highest BCUT2D eigenvalue weighted by molar-refractivity contribution is 5.75. The summed E-state index contributed by atoms with van der Waals surface area (Å²) in [6.45, 7) is 9.82. The Morgan fingerprint density at radius 3 is 2.47 bits per heavy atom. The highest BCUT2D eigenvalue weighted by Crippen LogP contribution is 2.02. The molecule has 98 valence electrons. The number of amides is 1. The van der Waals surface area contributed by atoms with Crippen LogP contribution in [0.3, 0.4) is 0 Å². The number of nitrogens with zero attached hydrogens (tertiary/aromatic N) is 1. The molecule has 0 unspecified atom stereocenters. The van der Waals surface area contributed by atoms with Gasteiger partial charge in [0, 0.05) is 25.9 Å². The molecule has 0 heterocycles. The zero-order valence-electron chi connectivity index (χ0n) is 11.7. The lowest BCUT2D eigenvalue weighted by Gasteiger charge is -2.17. The summed E-state index contributed by atoms with van der Waals surface area (Å²) in [5.41, 5.74) is 0. The van der Waals surface area contributed by atoms with E-state index < -0.39 is 0 Å². The molecular weight excluding hydrogens is 214 g/mol. The fraction of sp³-hybridized carbons (Fsp3) is 0.786. The molecule has 0 aromatic carbocycles. The van der Waals surface area contributed by atoms with Gasteiger partial charge in [-0.1, -0.05) is 39.5 Å². The lowest BCUT2D eigenvalue weighted by molar-refractivity contribution is -0.131. The summed E-state index contributed by atoms with van der Waals surface area (Å²) in [4.78, 5) is 13.3. The van der Waals surface area contributed by atoms with Crippen LogP contribution in [0.4, 0.5) is 0 Å². The minimum atomic E-state index is 0.178. The van der Waals surface area contributed by atoms with Gasteiger partial charge >= 0.3 is 0 Å². The lowest BCUT2D eigenvalue weighted by Crippen LogP contribution is -2.30. The standard InChI is InChI=1S/C14H25NO2/c1-12(2)7-6-9-17-10-8-15(5)14(16)11-13(3)4/h12-13H,8-11H2,1-5H3. The van der Waals surface area contributed by atoms with E-state index in [1.54, 1.807) is 4.90 Å². The third-order valence-electron chi connectivity index (χ3n) is 2.14. The van der Waals surface area contributed by atoms with Crippen molar-refractivity contribution in [2.75, 3.05) is 26.8 Å². The summed E-state index contributed by atoms with van der Waals surface area (Å²) in [6.07, 6.45) is 0.601. The summed E-state index contributed by atoms with van der Waals surface area (Å²) in [7, 11) is 1.81. The molecule has 3 nitrogen and oxygen atoms in total. The van der Waals surface area contributed by atoms with E-state index in [2.05, 4.69) is 11.8 Å². The van der Waals surface area contributed by atoms with Crippen LogP contribution in [0.25, 0.3) is 0 Å². The molecular formula is C14H25NO2. The van der Waals surface area contributed by atoms with Crippen LogP contribution in [0.1, 0.15) is 34.1 Å². The third kappa shape index (κ3) is 9.89. The molecule has 0 aromatic heterocycles. The molecule has 0 bridgehead atoms. The van der Waals surface area contributed by atoms with Crippen LogP contribution in [0.2, 0.25) is 0 Å². The highest BCUT2D eigenvalue weighted by Gasteiger charge is 2.09. The number of rotatable bonds is 6. The Bertz CT molecular complexity index is 274. The van der Waals surface area contributed by atoms with Gasteiger partial charge < -0.3 is 9.64 Å². The Kier molecular flexibility index (Phi) is 8.53. The fourth-order valence-corrected chi connectivity index (χ4v) is 1.20. The second kappa shape index (κ2) is 9.07. The number of likely N-dealkylation sites (N-methyl/N-ethyl adjacent to an activating group) is 1. The summed E-state index contributed by atoms with van der Waals surface area (Å²) in [6, 6.07) is 0. The molecule has 17 heavy (non-hydrogen) atoms. The zero-order valence-corrected chi connectivity index (χ0v) is 11.7. The Morgan fingerprint density at radius 1 is 1.29 bits per heavy atom. The average Bonchev–Trinajstić information content (AvgIpc) is 2.21. The van der Waals surface area contributed by atoms with E-state index in [9.17, 15) is 4.79 Å². The van der Waals surface area contributed by atoms with E-state index in [4.69, 9.17) is 4.74 Å². The zero-order chi connectivity index (χ0) is 13.3. The number of hydrogen-bond donors (Lipinski definition) is 0. The second-order valence-electron chi connectivity index (χ2n) is 4.94. The van der Waals surface area contributed by atoms with Crippen LogP contribution < -0.4 is 0 Å². The van der Waals surface area contributed by atoms with Crippen LogP contribution in [-0.2, 0) is 9.53 Å². The van der Waals surface area contributed by atoms with Crippen molar-refractivity contribution in [3.05, 3.63) is 0 Å². The van der Waals surface area contributed by atoms with Gasteiger partial charge in [0.05, 0.1) is 6.61 Å². The van der Waals surface area contributed by atoms with Gasteiger partial charge in [-0.3, -0.25) is 4.79 Å². The van der Waals surface area contributed by atoms with Crippen molar-refractivity contribution in [3.8, 4) is 11.8 Å². The minimum absolute atomic E-state index is 0.178. The minimum Gasteiger partial charge on any atom is -0.367 e. The van der Waals surface area contributed by atoms with Crippen molar-refractivity contribution in [3.63, 3.8) is 0 Å². The molecule has 0 aromatic rings. The predicted octanol–water partition coefficient (Wildman–Crippen LogP) is 2.17. The van der Waals surface area contributed by atoms with Crippen molar-refractivity contribution >= 4 is 5.91 Å². The highest BCUT2D eigenvalue weighted by atomic mass is 16.5. The third-order valence-corrected chi connectivity index (χ3v) is 2.14. The summed E-state index contributed by atoms with van der Waals surface area (Å²) in [5, 5.41) is 0. The molecule has 0 saturated heterocycles. The molecule has 0 rings (SSSR count). The van der Waals surface area contributed by atoms with Crippen molar-refractivity contribution < 1.29 is 9.53 Å². The molecule has 0 radical (unpaired) electrons. The predicted molar refractivity (Wildman–Crippen MR) is 70.5 cm³/mol. The maximum atomic E-state index is 11.6. The first-order chi connectivity index (χ1) is 7.93. The van der Waals surface area contributed by atoms with Crippen molar-refractivity contribution in [1.29, 1.82) is 0 Å². The Balaban J connectivity index is 3.62. The van der Waals surface area contributed by atoms with E-state index in [-0.39, 0.29) is 5.91 Å². The van der Waals surface area contributed by atoms with Crippen molar-refractivity contribution in [1.82, 2.24) is 4.90 Å². The first-order valence-electron chi connectivity index (χ1n) is 6.23.